The minimum Gasteiger partial charge on any atom is -0.397 e. The molecule has 2 amide bonds. The van der Waals surface area contributed by atoms with Crippen molar-refractivity contribution in [1.29, 1.82) is 0 Å². The number of halogens is 1. The highest BCUT2D eigenvalue weighted by Gasteiger charge is 2.45. The zero-order chi connectivity index (χ0) is 17.3. The van der Waals surface area contributed by atoms with Crippen LogP contribution in [0, 0.1) is 9.49 Å². The molecule has 2 aromatic carbocycles. The van der Waals surface area contributed by atoms with Gasteiger partial charge < -0.3 is 10.6 Å². The van der Waals surface area contributed by atoms with Crippen molar-refractivity contribution in [2.24, 2.45) is 5.92 Å². The molecule has 2 bridgehead atoms. The highest BCUT2D eigenvalue weighted by molar-refractivity contribution is 14.1. The first kappa shape index (κ1) is 15.6. The lowest BCUT2D eigenvalue weighted by Crippen LogP contribution is -2.60. The van der Waals surface area contributed by atoms with Crippen molar-refractivity contribution in [1.82, 2.24) is 9.80 Å². The number of hydrogen-bond donors (Lipinski definition) is 1. The van der Waals surface area contributed by atoms with Crippen molar-refractivity contribution < 1.29 is 9.59 Å². The van der Waals surface area contributed by atoms with Crippen molar-refractivity contribution in [3.63, 3.8) is 0 Å². The number of piperidine rings is 3. The van der Waals surface area contributed by atoms with Crippen LogP contribution in [-0.4, -0.2) is 47.3 Å². The molecule has 0 spiro atoms. The summed E-state index contributed by atoms with van der Waals surface area (Å²) < 4.78 is 0.855. The summed E-state index contributed by atoms with van der Waals surface area (Å²) in [6.45, 7) is 2.97. The monoisotopic (exact) mass is 447 g/mol. The van der Waals surface area contributed by atoms with Gasteiger partial charge in [-0.05, 0) is 66.6 Å². The van der Waals surface area contributed by atoms with E-state index in [1.807, 2.05) is 24.3 Å². The normalized spacial score (nSPS) is 28.0. The largest absolute Gasteiger partial charge is 0.397 e. The summed E-state index contributed by atoms with van der Waals surface area (Å²) in [5, 5.41) is 1.52. The van der Waals surface area contributed by atoms with Crippen molar-refractivity contribution in [2.75, 3.05) is 25.4 Å². The summed E-state index contributed by atoms with van der Waals surface area (Å²) in [4.78, 5) is 30.4. The van der Waals surface area contributed by atoms with Crippen LogP contribution in [0.25, 0.3) is 10.8 Å². The number of carbonyl (C=O) groups is 2. The van der Waals surface area contributed by atoms with Crippen LogP contribution in [0.1, 0.15) is 33.6 Å². The third kappa shape index (κ3) is 2.10. The number of nitrogens with zero attached hydrogens (tertiary/aromatic N) is 2. The lowest BCUT2D eigenvalue weighted by molar-refractivity contribution is 0.00881. The number of anilines is 1. The predicted molar refractivity (Wildman–Crippen MR) is 105 cm³/mol. The quantitative estimate of drug-likeness (QED) is 0.415. The Hall–Kier alpha value is -1.67. The maximum Gasteiger partial charge on any atom is 0.261 e. The Balaban J connectivity index is 1.70. The second-order valence-electron chi connectivity index (χ2n) is 7.23. The lowest BCUT2D eigenvalue weighted by Gasteiger charge is -2.49. The molecule has 3 fully saturated rings. The second-order valence-corrected chi connectivity index (χ2v) is 8.40. The van der Waals surface area contributed by atoms with Crippen LogP contribution in [0.4, 0.5) is 5.69 Å². The molecule has 0 radical (unpaired) electrons. The van der Waals surface area contributed by atoms with E-state index < -0.39 is 0 Å². The van der Waals surface area contributed by atoms with Crippen molar-refractivity contribution in [3.05, 3.63) is 39.0 Å². The molecule has 6 rings (SSSR count). The molecule has 4 aliphatic rings. The fourth-order valence-electron chi connectivity index (χ4n) is 4.70. The summed E-state index contributed by atoms with van der Waals surface area (Å²) in [6, 6.07) is 7.40. The molecular weight excluding hydrogens is 429 g/mol. The highest BCUT2D eigenvalue weighted by atomic mass is 127. The van der Waals surface area contributed by atoms with Crippen LogP contribution < -0.4 is 5.73 Å². The van der Waals surface area contributed by atoms with Gasteiger partial charge in [-0.1, -0.05) is 12.1 Å². The van der Waals surface area contributed by atoms with Gasteiger partial charge in [-0.3, -0.25) is 14.5 Å². The molecule has 1 atom stereocenters. The Morgan fingerprint density at radius 2 is 1.80 bits per heavy atom. The summed E-state index contributed by atoms with van der Waals surface area (Å²) in [6.07, 6.45) is 2.14. The summed E-state index contributed by atoms with van der Waals surface area (Å²) >= 11 is 2.16. The Morgan fingerprint density at radius 1 is 1.08 bits per heavy atom. The maximum atomic E-state index is 13.3. The number of hydrogen-bond acceptors (Lipinski definition) is 4. The number of carbonyl (C=O) groups excluding carboxylic acids is 2. The number of nitrogens with two attached hydrogens (primary N) is 1. The van der Waals surface area contributed by atoms with Gasteiger partial charge in [0.25, 0.3) is 11.8 Å². The van der Waals surface area contributed by atoms with E-state index >= 15 is 0 Å². The molecule has 128 valence electrons. The standard InChI is InChI=1S/C19H18IN3O2/c20-14-8-13-16-11(17(14)21)2-1-3-12(16)18(24)23(19(13)25)15-9-22-6-4-10(15)5-7-22/h1-3,8,10,15H,4-7,9,21H2/t15-/m1/s1. The molecular formula is C19H18IN3O2. The first-order valence-corrected chi connectivity index (χ1v) is 9.75. The predicted octanol–water partition coefficient (Wildman–Crippen LogP) is 2.72. The van der Waals surface area contributed by atoms with Gasteiger partial charge in [0, 0.05) is 32.0 Å². The third-order valence-corrected chi connectivity index (χ3v) is 6.90. The van der Waals surface area contributed by atoms with E-state index in [1.165, 1.54) is 0 Å². The number of imide groups is 1. The van der Waals surface area contributed by atoms with Crippen LogP contribution in [0.15, 0.2) is 24.3 Å². The van der Waals surface area contributed by atoms with E-state index in [0.29, 0.717) is 28.1 Å². The summed E-state index contributed by atoms with van der Waals surface area (Å²) in [5.41, 5.74) is 8.05. The smallest absolute Gasteiger partial charge is 0.261 e. The number of rotatable bonds is 1. The highest BCUT2D eigenvalue weighted by Crippen LogP contribution is 2.39. The van der Waals surface area contributed by atoms with Gasteiger partial charge in [0.2, 0.25) is 0 Å². The van der Waals surface area contributed by atoms with E-state index in [1.54, 1.807) is 4.90 Å². The van der Waals surface area contributed by atoms with E-state index in [0.717, 1.165) is 41.4 Å². The zero-order valence-corrected chi connectivity index (χ0v) is 15.8. The molecule has 6 heteroatoms. The number of amides is 2. The van der Waals surface area contributed by atoms with E-state index in [9.17, 15) is 9.59 Å². The second kappa shape index (κ2) is 5.41. The Labute approximate surface area is 159 Å². The fourth-order valence-corrected chi connectivity index (χ4v) is 5.30. The molecule has 3 saturated heterocycles. The summed E-state index contributed by atoms with van der Waals surface area (Å²) in [7, 11) is 0. The molecule has 5 nitrogen and oxygen atoms in total. The van der Waals surface area contributed by atoms with Crippen molar-refractivity contribution in [3.8, 4) is 0 Å². The maximum absolute atomic E-state index is 13.3. The van der Waals surface area contributed by atoms with Gasteiger partial charge >= 0.3 is 0 Å². The fraction of sp³-hybridized carbons (Fsp3) is 0.368. The first-order chi connectivity index (χ1) is 12.1. The number of fused-ring (bicyclic) bond motifs is 3. The van der Waals surface area contributed by atoms with Gasteiger partial charge in [-0.25, -0.2) is 0 Å². The molecule has 0 unspecified atom stereocenters. The van der Waals surface area contributed by atoms with Crippen molar-refractivity contribution in [2.45, 2.75) is 18.9 Å². The molecule has 25 heavy (non-hydrogen) atoms. The Morgan fingerprint density at radius 3 is 2.48 bits per heavy atom. The molecule has 0 aliphatic carbocycles. The molecule has 4 heterocycles. The van der Waals surface area contributed by atoms with Crippen LogP contribution >= 0.6 is 22.6 Å². The van der Waals surface area contributed by atoms with E-state index in [-0.39, 0.29) is 17.9 Å². The zero-order valence-electron chi connectivity index (χ0n) is 13.7. The van der Waals surface area contributed by atoms with E-state index in [2.05, 4.69) is 27.5 Å². The van der Waals surface area contributed by atoms with Gasteiger partial charge in [0.05, 0.1) is 11.7 Å². The van der Waals surface area contributed by atoms with Crippen LogP contribution in [0.5, 0.6) is 0 Å². The first-order valence-electron chi connectivity index (χ1n) is 8.67. The Kier molecular flexibility index (Phi) is 3.37. The van der Waals surface area contributed by atoms with Gasteiger partial charge in [0.1, 0.15) is 0 Å². The average molecular weight is 447 g/mol. The lowest BCUT2D eigenvalue weighted by atomic mass is 9.81. The van der Waals surface area contributed by atoms with Crippen LogP contribution in [0.3, 0.4) is 0 Å². The average Bonchev–Trinajstić information content (AvgIpc) is 2.64. The molecule has 0 saturated carbocycles. The molecule has 4 aliphatic heterocycles. The minimum absolute atomic E-state index is 0.0129. The van der Waals surface area contributed by atoms with Gasteiger partial charge in [0.15, 0.2) is 0 Å². The Bertz CT molecular complexity index is 934. The third-order valence-electron chi connectivity index (χ3n) is 6.00. The topological polar surface area (TPSA) is 66.6 Å². The van der Waals surface area contributed by atoms with Gasteiger partial charge in [-0.15, -0.1) is 0 Å². The van der Waals surface area contributed by atoms with Crippen LogP contribution in [-0.2, 0) is 0 Å². The SMILES string of the molecule is Nc1c(I)cc2c3c(cccc13)C(=O)N([C@@H]1CN3CCC1CC3)C2=O. The molecule has 2 aromatic rings. The summed E-state index contributed by atoms with van der Waals surface area (Å²) in [5.74, 6) is 0.0966. The van der Waals surface area contributed by atoms with Crippen LogP contribution in [0.2, 0.25) is 0 Å². The minimum atomic E-state index is -0.164. The molecule has 2 N–H and O–H groups in total. The number of benzene rings is 2. The molecule has 0 aromatic heterocycles. The van der Waals surface area contributed by atoms with E-state index in [4.69, 9.17) is 5.73 Å². The van der Waals surface area contributed by atoms with Gasteiger partial charge in [-0.2, -0.15) is 0 Å². The van der Waals surface area contributed by atoms with Crippen molar-refractivity contribution >= 4 is 50.9 Å². The number of nitrogen functional groups attached to an aromatic ring is 1.